The maximum absolute atomic E-state index is 13.7. The smallest absolute Gasteiger partial charge is 0.284 e. The van der Waals surface area contributed by atoms with Gasteiger partial charge in [0.1, 0.15) is 4.83 Å². The summed E-state index contributed by atoms with van der Waals surface area (Å²) in [5.74, 6) is 0.475. The highest BCUT2D eigenvalue weighted by Gasteiger charge is 2.33. The maximum Gasteiger partial charge on any atom is 0.416 e. The van der Waals surface area contributed by atoms with E-state index in [0.29, 0.717) is 38.0 Å². The summed E-state index contributed by atoms with van der Waals surface area (Å²) in [6.45, 7) is 4.32. The molecule has 0 amide bonds. The lowest BCUT2D eigenvalue weighted by molar-refractivity contribution is -0.138. The fourth-order valence-electron chi connectivity index (χ4n) is 4.09. The van der Waals surface area contributed by atoms with Gasteiger partial charge < -0.3 is 0 Å². The first-order valence-corrected chi connectivity index (χ1v) is 13.4. The molecule has 2 aromatic carbocycles. The molecule has 0 saturated heterocycles. The van der Waals surface area contributed by atoms with Gasteiger partial charge in [0.15, 0.2) is 0 Å². The summed E-state index contributed by atoms with van der Waals surface area (Å²) in [7, 11) is 1.44. The molecule has 0 fully saturated rings. The third-order valence-electron chi connectivity index (χ3n) is 5.75. The Morgan fingerprint density at radius 2 is 1.81 bits per heavy atom. The Morgan fingerprint density at radius 1 is 1.08 bits per heavy atom. The van der Waals surface area contributed by atoms with Crippen LogP contribution in [0.25, 0.3) is 10.2 Å². The molecule has 0 saturated carbocycles. The fraction of sp³-hybridized carbons (Fsp3) is 0.308. The van der Waals surface area contributed by atoms with Crippen molar-refractivity contribution < 1.29 is 13.2 Å². The van der Waals surface area contributed by atoms with Crippen LogP contribution in [-0.4, -0.2) is 9.13 Å². The van der Waals surface area contributed by atoms with E-state index < -0.39 is 23.0 Å². The SMILES string of the molecule is CC(C)Cn1c(=O)n(C)c(=O)c2c(CSc3cccc(Cl)c3)c(Cc3ccccc3C(F)(F)F)sc21. The molecule has 0 aliphatic heterocycles. The van der Waals surface area contributed by atoms with Crippen LogP contribution in [0.4, 0.5) is 13.2 Å². The van der Waals surface area contributed by atoms with Crippen molar-refractivity contribution in [2.75, 3.05) is 0 Å². The monoisotopic (exact) mass is 552 g/mol. The molecule has 10 heteroatoms. The van der Waals surface area contributed by atoms with E-state index in [9.17, 15) is 22.8 Å². The van der Waals surface area contributed by atoms with Crippen LogP contribution in [0.2, 0.25) is 5.02 Å². The van der Waals surface area contributed by atoms with E-state index in [1.54, 1.807) is 22.8 Å². The van der Waals surface area contributed by atoms with Gasteiger partial charge in [0, 0.05) is 40.6 Å². The van der Waals surface area contributed by atoms with Gasteiger partial charge in [-0.2, -0.15) is 13.2 Å². The molecule has 0 atom stereocenters. The van der Waals surface area contributed by atoms with Crippen molar-refractivity contribution in [3.8, 4) is 0 Å². The van der Waals surface area contributed by atoms with Crippen molar-refractivity contribution in [1.29, 1.82) is 0 Å². The highest BCUT2D eigenvalue weighted by molar-refractivity contribution is 7.98. The minimum Gasteiger partial charge on any atom is -0.284 e. The molecule has 4 aromatic rings. The number of alkyl halides is 3. The Balaban J connectivity index is 1.93. The largest absolute Gasteiger partial charge is 0.416 e. The summed E-state index contributed by atoms with van der Waals surface area (Å²) in [4.78, 5) is 28.3. The Kier molecular flexibility index (Phi) is 7.73. The van der Waals surface area contributed by atoms with Crippen LogP contribution in [0.5, 0.6) is 0 Å². The number of nitrogens with zero attached hydrogens (tertiary/aromatic N) is 2. The first kappa shape index (κ1) is 26.6. The number of thiophene rings is 1. The van der Waals surface area contributed by atoms with Crippen molar-refractivity contribution in [1.82, 2.24) is 9.13 Å². The van der Waals surface area contributed by atoms with Crippen molar-refractivity contribution >= 4 is 44.9 Å². The van der Waals surface area contributed by atoms with Crippen molar-refractivity contribution in [2.24, 2.45) is 13.0 Å². The molecular weight excluding hydrogens is 529 g/mol. The summed E-state index contributed by atoms with van der Waals surface area (Å²) in [6, 6.07) is 12.7. The number of aromatic nitrogens is 2. The van der Waals surface area contributed by atoms with E-state index in [1.807, 2.05) is 26.0 Å². The maximum atomic E-state index is 13.7. The Hall–Kier alpha value is -2.49. The van der Waals surface area contributed by atoms with Crippen LogP contribution in [0.1, 0.15) is 35.4 Å². The molecule has 190 valence electrons. The highest BCUT2D eigenvalue weighted by Crippen LogP contribution is 2.38. The standard InChI is InChI=1S/C26H24ClF3N2O2S2/c1-15(2)13-32-24-22(23(33)31(3)25(32)34)19(14-35-18-9-6-8-17(27)12-18)21(36-24)11-16-7-4-5-10-20(16)26(28,29)30/h4-10,12,15H,11,13-14H2,1-3H3. The van der Waals surface area contributed by atoms with Crippen LogP contribution in [-0.2, 0) is 31.9 Å². The molecule has 2 aromatic heterocycles. The number of hydrogen-bond donors (Lipinski definition) is 0. The third kappa shape index (κ3) is 5.43. The molecule has 0 aliphatic rings. The van der Waals surface area contributed by atoms with Gasteiger partial charge in [-0.1, -0.05) is 49.7 Å². The zero-order valence-electron chi connectivity index (χ0n) is 19.9. The fourth-order valence-corrected chi connectivity index (χ4v) is 6.78. The number of fused-ring (bicyclic) bond motifs is 1. The van der Waals surface area contributed by atoms with E-state index in [0.717, 1.165) is 15.5 Å². The van der Waals surface area contributed by atoms with Gasteiger partial charge in [-0.15, -0.1) is 23.1 Å². The first-order chi connectivity index (χ1) is 17.0. The lowest BCUT2D eigenvalue weighted by Crippen LogP contribution is -2.38. The average molecular weight is 553 g/mol. The zero-order chi connectivity index (χ0) is 26.2. The molecular formula is C26H24ClF3N2O2S2. The van der Waals surface area contributed by atoms with E-state index in [2.05, 4.69) is 0 Å². The molecule has 0 unspecified atom stereocenters. The van der Waals surface area contributed by atoms with Crippen LogP contribution in [0.15, 0.2) is 63.0 Å². The van der Waals surface area contributed by atoms with Crippen molar-refractivity contribution in [2.45, 2.75) is 43.6 Å². The predicted octanol–water partition coefficient (Wildman–Crippen LogP) is 6.97. The second-order valence-electron chi connectivity index (χ2n) is 8.91. The van der Waals surface area contributed by atoms with Crippen molar-refractivity contribution in [3.63, 3.8) is 0 Å². The summed E-state index contributed by atoms with van der Waals surface area (Å²) < 4.78 is 43.8. The lowest BCUT2D eigenvalue weighted by Gasteiger charge is -2.13. The molecule has 4 rings (SSSR count). The van der Waals surface area contributed by atoms with Crippen LogP contribution in [0.3, 0.4) is 0 Å². The Bertz CT molecular complexity index is 1540. The minimum atomic E-state index is -4.50. The molecule has 0 bridgehead atoms. The summed E-state index contributed by atoms with van der Waals surface area (Å²) >= 11 is 8.79. The van der Waals surface area contributed by atoms with E-state index >= 15 is 0 Å². The van der Waals surface area contributed by atoms with Gasteiger partial charge in [0.05, 0.1) is 10.9 Å². The molecule has 2 heterocycles. The second-order valence-corrected chi connectivity index (χ2v) is 11.5. The molecule has 0 radical (unpaired) electrons. The van der Waals surface area contributed by atoms with Gasteiger partial charge in [-0.3, -0.25) is 13.9 Å². The summed E-state index contributed by atoms with van der Waals surface area (Å²) in [6.07, 6.45) is -4.50. The van der Waals surface area contributed by atoms with E-state index in [-0.39, 0.29) is 17.9 Å². The van der Waals surface area contributed by atoms with Gasteiger partial charge in [0.2, 0.25) is 0 Å². The topological polar surface area (TPSA) is 44.0 Å². The van der Waals surface area contributed by atoms with E-state index in [1.165, 1.54) is 42.3 Å². The van der Waals surface area contributed by atoms with Gasteiger partial charge in [0.25, 0.3) is 5.56 Å². The summed E-state index contributed by atoms with van der Waals surface area (Å²) in [5.41, 5.74) is -0.805. The Morgan fingerprint density at radius 3 is 2.47 bits per heavy atom. The first-order valence-electron chi connectivity index (χ1n) is 11.2. The normalized spacial score (nSPS) is 12.1. The Labute approximate surface area is 219 Å². The van der Waals surface area contributed by atoms with Crippen LogP contribution < -0.4 is 11.2 Å². The number of thioether (sulfide) groups is 1. The molecule has 36 heavy (non-hydrogen) atoms. The van der Waals surface area contributed by atoms with Gasteiger partial charge >= 0.3 is 11.9 Å². The molecule has 0 spiro atoms. The van der Waals surface area contributed by atoms with E-state index in [4.69, 9.17) is 11.6 Å². The van der Waals surface area contributed by atoms with Gasteiger partial charge in [-0.25, -0.2) is 4.79 Å². The number of hydrogen-bond acceptors (Lipinski definition) is 4. The average Bonchev–Trinajstić information content (AvgIpc) is 3.16. The summed E-state index contributed by atoms with van der Waals surface area (Å²) in [5, 5.41) is 0.952. The number of rotatable bonds is 7. The number of benzene rings is 2. The van der Waals surface area contributed by atoms with Gasteiger partial charge in [-0.05, 0) is 41.3 Å². The molecule has 4 nitrogen and oxygen atoms in total. The highest BCUT2D eigenvalue weighted by atomic mass is 35.5. The molecule has 0 aliphatic carbocycles. The minimum absolute atomic E-state index is 0.000503. The second kappa shape index (κ2) is 10.5. The van der Waals surface area contributed by atoms with Crippen LogP contribution >= 0.6 is 34.7 Å². The third-order valence-corrected chi connectivity index (χ3v) is 8.26. The lowest BCUT2D eigenvalue weighted by atomic mass is 10.0. The van der Waals surface area contributed by atoms with Crippen LogP contribution in [0, 0.1) is 5.92 Å². The predicted molar refractivity (Wildman–Crippen MR) is 141 cm³/mol. The molecule has 0 N–H and O–H groups in total. The van der Waals surface area contributed by atoms with Crippen molar-refractivity contribution in [3.05, 3.63) is 96.0 Å². The zero-order valence-corrected chi connectivity index (χ0v) is 22.2. The quantitative estimate of drug-likeness (QED) is 0.232. The number of halogens is 4.